The Morgan fingerprint density at radius 3 is 2.27 bits per heavy atom. The maximum absolute atomic E-state index is 13.9. The van der Waals surface area contributed by atoms with E-state index in [-0.39, 0.29) is 16.5 Å². The Kier molecular flexibility index (Phi) is 7.84. The van der Waals surface area contributed by atoms with Crippen molar-refractivity contribution in [3.8, 4) is 0 Å². The number of hydrogen-bond acceptors (Lipinski definition) is 4. The highest BCUT2D eigenvalue weighted by molar-refractivity contribution is 7.92. The van der Waals surface area contributed by atoms with Gasteiger partial charge in [-0.25, -0.2) is 12.8 Å². The lowest BCUT2D eigenvalue weighted by atomic mass is 10.1. The highest BCUT2D eigenvalue weighted by Gasteiger charge is 2.20. The molecular formula is C25H28FN3O3S. The third-order valence-electron chi connectivity index (χ3n) is 5.37. The van der Waals surface area contributed by atoms with Gasteiger partial charge in [-0.15, -0.1) is 0 Å². The van der Waals surface area contributed by atoms with E-state index < -0.39 is 15.8 Å². The number of carbonyl (C=O) groups is 1. The Bertz CT molecular complexity index is 1220. The van der Waals surface area contributed by atoms with E-state index in [0.717, 1.165) is 25.2 Å². The number of anilines is 2. The van der Waals surface area contributed by atoms with Crippen molar-refractivity contribution >= 4 is 27.3 Å². The summed E-state index contributed by atoms with van der Waals surface area (Å²) in [6, 6.07) is 17.5. The molecule has 3 aromatic carbocycles. The zero-order chi connectivity index (χ0) is 24.0. The molecule has 174 valence electrons. The predicted octanol–water partition coefficient (Wildman–Crippen LogP) is 5.03. The van der Waals surface area contributed by atoms with Gasteiger partial charge < -0.3 is 5.32 Å². The number of carbonyl (C=O) groups excluding carboxylic acids is 1. The van der Waals surface area contributed by atoms with Gasteiger partial charge in [0.05, 0.1) is 10.6 Å². The lowest BCUT2D eigenvalue weighted by molar-refractivity contribution is 0.102. The molecular weight excluding hydrogens is 441 g/mol. The summed E-state index contributed by atoms with van der Waals surface area (Å²) in [5.41, 5.74) is 2.23. The number of sulfonamides is 1. The summed E-state index contributed by atoms with van der Waals surface area (Å²) in [6.07, 6.45) is 0. The van der Waals surface area contributed by atoms with Crippen LogP contribution < -0.4 is 10.0 Å². The monoisotopic (exact) mass is 469 g/mol. The first-order chi connectivity index (χ1) is 15.7. The molecule has 8 heteroatoms. The van der Waals surface area contributed by atoms with Crippen molar-refractivity contribution in [3.05, 3.63) is 89.2 Å². The molecule has 0 aromatic heterocycles. The molecule has 0 saturated carbocycles. The molecule has 1 amide bonds. The molecule has 0 aliphatic heterocycles. The number of nitrogens with zero attached hydrogens (tertiary/aromatic N) is 1. The van der Waals surface area contributed by atoms with Crippen LogP contribution in [0.25, 0.3) is 0 Å². The molecule has 0 spiro atoms. The molecule has 33 heavy (non-hydrogen) atoms. The maximum atomic E-state index is 13.9. The SMILES string of the molecule is CCN(CC)Cc1ccc(C(=O)Nc2ccc(C)c(S(=O)(=O)Nc3ccccc3F)c2)cc1. The third kappa shape index (κ3) is 6.18. The lowest BCUT2D eigenvalue weighted by Crippen LogP contribution is -2.22. The van der Waals surface area contributed by atoms with E-state index in [1.165, 1.54) is 30.3 Å². The fraction of sp³-hybridized carbons (Fsp3) is 0.240. The zero-order valence-corrected chi connectivity index (χ0v) is 19.7. The molecule has 0 aliphatic rings. The van der Waals surface area contributed by atoms with E-state index in [2.05, 4.69) is 28.8 Å². The molecule has 0 saturated heterocycles. The Labute approximate surface area is 194 Å². The van der Waals surface area contributed by atoms with Gasteiger partial charge in [0.25, 0.3) is 15.9 Å². The molecule has 3 rings (SSSR count). The van der Waals surface area contributed by atoms with Crippen LogP contribution in [0.4, 0.5) is 15.8 Å². The number of hydrogen-bond donors (Lipinski definition) is 2. The van der Waals surface area contributed by atoms with Crippen LogP contribution in [-0.4, -0.2) is 32.3 Å². The first-order valence-electron chi connectivity index (χ1n) is 10.7. The smallest absolute Gasteiger partial charge is 0.262 e. The van der Waals surface area contributed by atoms with E-state index in [0.29, 0.717) is 16.8 Å². The van der Waals surface area contributed by atoms with Crippen LogP contribution in [0, 0.1) is 12.7 Å². The van der Waals surface area contributed by atoms with Crippen molar-refractivity contribution in [1.82, 2.24) is 4.90 Å². The van der Waals surface area contributed by atoms with E-state index >= 15 is 0 Å². The number of benzene rings is 3. The van der Waals surface area contributed by atoms with Crippen LogP contribution in [0.3, 0.4) is 0 Å². The largest absolute Gasteiger partial charge is 0.322 e. The number of rotatable bonds is 9. The second kappa shape index (κ2) is 10.6. The van der Waals surface area contributed by atoms with Gasteiger partial charge in [0.15, 0.2) is 0 Å². The van der Waals surface area contributed by atoms with Crippen molar-refractivity contribution in [2.75, 3.05) is 23.1 Å². The summed E-state index contributed by atoms with van der Waals surface area (Å²) in [5.74, 6) is -1.02. The van der Waals surface area contributed by atoms with E-state index in [1.54, 1.807) is 31.2 Å². The van der Waals surface area contributed by atoms with Gasteiger partial charge in [0, 0.05) is 17.8 Å². The highest BCUT2D eigenvalue weighted by atomic mass is 32.2. The molecule has 0 aliphatic carbocycles. The Morgan fingerprint density at radius 2 is 1.64 bits per heavy atom. The summed E-state index contributed by atoms with van der Waals surface area (Å²) < 4.78 is 41.9. The summed E-state index contributed by atoms with van der Waals surface area (Å²) in [5, 5.41) is 2.74. The van der Waals surface area contributed by atoms with Gasteiger partial charge in [-0.2, -0.15) is 0 Å². The molecule has 3 aromatic rings. The van der Waals surface area contributed by atoms with Crippen molar-refractivity contribution in [2.45, 2.75) is 32.2 Å². The Balaban J connectivity index is 1.76. The quantitative estimate of drug-likeness (QED) is 0.461. The second-order valence-electron chi connectivity index (χ2n) is 7.68. The van der Waals surface area contributed by atoms with E-state index in [9.17, 15) is 17.6 Å². The van der Waals surface area contributed by atoms with Crippen LogP contribution >= 0.6 is 0 Å². The van der Waals surface area contributed by atoms with Crippen LogP contribution in [-0.2, 0) is 16.6 Å². The Hall–Kier alpha value is -3.23. The fourth-order valence-electron chi connectivity index (χ4n) is 3.38. The normalized spacial score (nSPS) is 11.4. The summed E-state index contributed by atoms with van der Waals surface area (Å²) in [6.45, 7) is 8.55. The first-order valence-corrected chi connectivity index (χ1v) is 12.2. The highest BCUT2D eigenvalue weighted by Crippen LogP contribution is 2.24. The van der Waals surface area contributed by atoms with Gasteiger partial charge >= 0.3 is 0 Å². The van der Waals surface area contributed by atoms with Gasteiger partial charge in [0.2, 0.25) is 0 Å². The van der Waals surface area contributed by atoms with Crippen LogP contribution in [0.1, 0.15) is 35.3 Å². The third-order valence-corrected chi connectivity index (χ3v) is 6.88. The molecule has 0 radical (unpaired) electrons. The van der Waals surface area contributed by atoms with Crippen molar-refractivity contribution in [2.24, 2.45) is 0 Å². The van der Waals surface area contributed by atoms with Gasteiger partial charge in [-0.3, -0.25) is 14.4 Å². The van der Waals surface area contributed by atoms with Crippen molar-refractivity contribution in [1.29, 1.82) is 0 Å². The van der Waals surface area contributed by atoms with Crippen molar-refractivity contribution < 1.29 is 17.6 Å². The first kappa shape index (κ1) is 24.4. The minimum atomic E-state index is -4.06. The summed E-state index contributed by atoms with van der Waals surface area (Å²) >= 11 is 0. The average molecular weight is 470 g/mol. The number of aryl methyl sites for hydroxylation is 1. The van der Waals surface area contributed by atoms with E-state index in [4.69, 9.17) is 0 Å². The minimum absolute atomic E-state index is 0.0434. The van der Waals surface area contributed by atoms with Gasteiger partial charge in [-0.05, 0) is 67.5 Å². The number of nitrogens with one attached hydrogen (secondary N) is 2. The molecule has 0 unspecified atom stereocenters. The Morgan fingerprint density at radius 1 is 0.970 bits per heavy atom. The van der Waals surface area contributed by atoms with E-state index in [1.807, 2.05) is 12.1 Å². The molecule has 0 fully saturated rings. The van der Waals surface area contributed by atoms with Gasteiger partial charge in [-0.1, -0.05) is 44.2 Å². The van der Waals surface area contributed by atoms with Crippen molar-refractivity contribution in [3.63, 3.8) is 0 Å². The number of para-hydroxylation sites is 1. The van der Waals surface area contributed by atoms with Crippen LogP contribution in [0.15, 0.2) is 71.6 Å². The van der Waals surface area contributed by atoms with Crippen LogP contribution in [0.2, 0.25) is 0 Å². The second-order valence-corrected chi connectivity index (χ2v) is 9.33. The van der Waals surface area contributed by atoms with Gasteiger partial charge in [0.1, 0.15) is 5.82 Å². The molecule has 0 bridgehead atoms. The summed E-state index contributed by atoms with van der Waals surface area (Å²) in [7, 11) is -4.06. The average Bonchev–Trinajstić information content (AvgIpc) is 2.80. The molecule has 6 nitrogen and oxygen atoms in total. The fourth-order valence-corrected chi connectivity index (χ4v) is 4.72. The van der Waals surface area contributed by atoms with Crippen LogP contribution in [0.5, 0.6) is 0 Å². The summed E-state index contributed by atoms with van der Waals surface area (Å²) in [4.78, 5) is 14.9. The standard InChI is InChI=1S/C25H28FN3O3S/c1-4-29(5-2)17-19-11-13-20(14-12-19)25(30)27-21-15-10-18(3)24(16-21)33(31,32)28-23-9-7-6-8-22(23)26/h6-16,28H,4-5,17H2,1-3H3,(H,27,30). The lowest BCUT2D eigenvalue weighted by Gasteiger charge is -2.18. The predicted molar refractivity (Wildman–Crippen MR) is 129 cm³/mol. The molecule has 0 heterocycles. The zero-order valence-electron chi connectivity index (χ0n) is 18.9. The molecule has 2 N–H and O–H groups in total. The topological polar surface area (TPSA) is 78.5 Å². The molecule has 0 atom stereocenters. The number of halogens is 1. The number of amides is 1. The minimum Gasteiger partial charge on any atom is -0.322 e. The maximum Gasteiger partial charge on any atom is 0.262 e.